The molecule has 0 saturated carbocycles. The van der Waals surface area contributed by atoms with Crippen molar-refractivity contribution in [2.75, 3.05) is 16.8 Å². The lowest BCUT2D eigenvalue weighted by Crippen LogP contribution is -2.25. The van der Waals surface area contributed by atoms with Crippen LogP contribution >= 0.6 is 0 Å². The van der Waals surface area contributed by atoms with Gasteiger partial charge in [-0.15, -0.1) is 0 Å². The molecular formula is C27H21N3O5S. The molecule has 0 saturated heterocycles. The van der Waals surface area contributed by atoms with E-state index in [0.29, 0.717) is 17.8 Å². The van der Waals surface area contributed by atoms with Gasteiger partial charge < -0.3 is 16.8 Å². The third kappa shape index (κ3) is 4.10. The maximum atomic E-state index is 13.4. The van der Waals surface area contributed by atoms with Gasteiger partial charge in [-0.25, -0.2) is 0 Å². The minimum absolute atomic E-state index is 0.0467. The van der Waals surface area contributed by atoms with Crippen LogP contribution in [-0.4, -0.2) is 24.5 Å². The summed E-state index contributed by atoms with van der Waals surface area (Å²) in [5, 5.41) is 3.03. The first-order chi connectivity index (χ1) is 17.1. The summed E-state index contributed by atoms with van der Waals surface area (Å²) in [6, 6.07) is 22.2. The molecule has 5 rings (SSSR count). The van der Waals surface area contributed by atoms with E-state index in [1.807, 2.05) is 36.4 Å². The number of benzene rings is 4. The molecule has 36 heavy (non-hydrogen) atoms. The van der Waals surface area contributed by atoms with Crippen LogP contribution in [0.1, 0.15) is 43.0 Å². The number of hydrogen-bond donors (Lipinski definition) is 4. The van der Waals surface area contributed by atoms with Crippen LogP contribution in [0.2, 0.25) is 0 Å². The fourth-order valence-corrected chi connectivity index (χ4v) is 4.99. The van der Waals surface area contributed by atoms with Gasteiger partial charge in [0.25, 0.3) is 10.1 Å². The highest BCUT2D eigenvalue weighted by Gasteiger charge is 2.36. The Bertz CT molecular complexity index is 1640. The van der Waals surface area contributed by atoms with Gasteiger partial charge in [0.2, 0.25) is 0 Å². The summed E-state index contributed by atoms with van der Waals surface area (Å²) in [6.07, 6.45) is 0.675. The summed E-state index contributed by atoms with van der Waals surface area (Å²) in [4.78, 5) is 26.0. The highest BCUT2D eigenvalue weighted by molar-refractivity contribution is 7.86. The highest BCUT2D eigenvalue weighted by atomic mass is 32.2. The van der Waals surface area contributed by atoms with Crippen molar-refractivity contribution in [3.63, 3.8) is 0 Å². The van der Waals surface area contributed by atoms with Gasteiger partial charge in [0, 0.05) is 22.5 Å². The van der Waals surface area contributed by atoms with E-state index in [9.17, 15) is 22.6 Å². The lowest BCUT2D eigenvalue weighted by molar-refractivity contribution is 0.0980. The van der Waals surface area contributed by atoms with Crippen molar-refractivity contribution in [1.82, 2.24) is 0 Å². The topological polar surface area (TPSA) is 153 Å². The Morgan fingerprint density at radius 2 is 1.28 bits per heavy atom. The molecule has 0 aliphatic heterocycles. The lowest BCUT2D eigenvalue weighted by atomic mass is 9.82. The predicted octanol–water partition coefficient (Wildman–Crippen LogP) is 4.21. The molecule has 0 fully saturated rings. The normalized spacial score (nSPS) is 12.7. The molecule has 6 N–H and O–H groups in total. The van der Waals surface area contributed by atoms with Gasteiger partial charge in [0.1, 0.15) is 4.90 Å². The van der Waals surface area contributed by atoms with Gasteiger partial charge in [0.05, 0.1) is 22.5 Å². The van der Waals surface area contributed by atoms with E-state index in [0.717, 1.165) is 17.2 Å². The Kier molecular flexibility index (Phi) is 5.58. The molecule has 0 bridgehead atoms. The van der Waals surface area contributed by atoms with Gasteiger partial charge in [-0.1, -0.05) is 48.5 Å². The summed E-state index contributed by atoms with van der Waals surface area (Å²) in [6.45, 7) is 0. The predicted molar refractivity (Wildman–Crippen MR) is 137 cm³/mol. The van der Waals surface area contributed by atoms with E-state index < -0.39 is 32.3 Å². The van der Waals surface area contributed by atoms with Crippen molar-refractivity contribution in [1.29, 1.82) is 0 Å². The van der Waals surface area contributed by atoms with Crippen molar-refractivity contribution in [3.05, 3.63) is 112 Å². The standard InChI is InChI=1S/C27H21N3O5S/c28-17-9-5-15(6-10-17)13-16-7-11-18(12-8-16)30-21-14-22(36(33,34)35)25(29)24-23(21)26(31)19-3-1-2-4-20(19)27(24)32/h1-12,14,30H,13,28-29H2,(H,33,34,35). The van der Waals surface area contributed by atoms with Gasteiger partial charge in [-0.3, -0.25) is 14.1 Å². The first-order valence-corrected chi connectivity index (χ1v) is 12.4. The van der Waals surface area contributed by atoms with E-state index in [-0.39, 0.29) is 27.9 Å². The lowest BCUT2D eigenvalue weighted by Gasteiger charge is -2.23. The molecule has 8 nitrogen and oxygen atoms in total. The smallest absolute Gasteiger partial charge is 0.296 e. The molecule has 0 atom stereocenters. The summed E-state index contributed by atoms with van der Waals surface area (Å²) in [5.74, 6) is -1.07. The Labute approximate surface area is 207 Å². The number of nitrogens with one attached hydrogen (secondary N) is 1. The maximum absolute atomic E-state index is 13.4. The Hall–Kier alpha value is -4.47. The number of anilines is 4. The van der Waals surface area contributed by atoms with Crippen molar-refractivity contribution >= 4 is 44.4 Å². The number of ketones is 2. The van der Waals surface area contributed by atoms with Gasteiger partial charge >= 0.3 is 0 Å². The van der Waals surface area contributed by atoms with Crippen LogP contribution in [0.5, 0.6) is 0 Å². The van der Waals surface area contributed by atoms with Crippen molar-refractivity contribution in [3.8, 4) is 0 Å². The average Bonchev–Trinajstić information content (AvgIpc) is 2.85. The summed E-state index contributed by atoms with van der Waals surface area (Å²) in [7, 11) is -4.78. The van der Waals surface area contributed by atoms with E-state index >= 15 is 0 Å². The molecule has 4 aromatic carbocycles. The minimum atomic E-state index is -4.78. The molecule has 0 spiro atoms. The van der Waals surface area contributed by atoms with Crippen LogP contribution < -0.4 is 16.8 Å². The molecule has 0 unspecified atom stereocenters. The quantitative estimate of drug-likeness (QED) is 0.207. The first kappa shape index (κ1) is 23.3. The largest absolute Gasteiger partial charge is 0.399 e. The van der Waals surface area contributed by atoms with E-state index in [1.54, 1.807) is 24.3 Å². The third-order valence-electron chi connectivity index (χ3n) is 6.10. The zero-order chi connectivity index (χ0) is 25.6. The molecule has 180 valence electrons. The van der Waals surface area contributed by atoms with Crippen LogP contribution in [0, 0.1) is 0 Å². The molecule has 4 aromatic rings. The fraction of sp³-hybridized carbons (Fsp3) is 0.0370. The van der Waals surface area contributed by atoms with Gasteiger partial charge in [-0.2, -0.15) is 8.42 Å². The van der Waals surface area contributed by atoms with E-state index in [4.69, 9.17) is 11.5 Å². The summed E-state index contributed by atoms with van der Waals surface area (Å²) >= 11 is 0. The summed E-state index contributed by atoms with van der Waals surface area (Å²) < 4.78 is 33.9. The second kappa shape index (κ2) is 8.63. The van der Waals surface area contributed by atoms with E-state index in [2.05, 4.69) is 5.32 Å². The monoisotopic (exact) mass is 499 g/mol. The Balaban J connectivity index is 1.56. The molecular weight excluding hydrogens is 478 g/mol. The molecule has 0 radical (unpaired) electrons. The summed E-state index contributed by atoms with van der Waals surface area (Å²) in [5.41, 5.74) is 14.7. The number of carbonyl (C=O) groups excluding carboxylic acids is 2. The van der Waals surface area contributed by atoms with Crippen molar-refractivity contribution in [2.45, 2.75) is 11.3 Å². The van der Waals surface area contributed by atoms with Crippen LogP contribution in [0.4, 0.5) is 22.7 Å². The Morgan fingerprint density at radius 3 is 1.83 bits per heavy atom. The second-order valence-corrected chi connectivity index (χ2v) is 9.90. The molecule has 9 heteroatoms. The molecule has 1 aliphatic rings. The van der Waals surface area contributed by atoms with Crippen molar-refractivity contribution < 1.29 is 22.6 Å². The van der Waals surface area contributed by atoms with Crippen LogP contribution in [-0.2, 0) is 16.5 Å². The highest BCUT2D eigenvalue weighted by Crippen LogP contribution is 2.40. The van der Waals surface area contributed by atoms with Crippen LogP contribution in [0.25, 0.3) is 0 Å². The average molecular weight is 500 g/mol. The number of carbonyl (C=O) groups is 2. The molecule has 0 heterocycles. The maximum Gasteiger partial charge on any atom is 0.296 e. The number of fused-ring (bicyclic) bond motifs is 2. The fourth-order valence-electron chi connectivity index (χ4n) is 4.34. The second-order valence-electron chi connectivity index (χ2n) is 8.51. The zero-order valence-electron chi connectivity index (χ0n) is 18.9. The first-order valence-electron chi connectivity index (χ1n) is 11.0. The SMILES string of the molecule is Nc1ccc(Cc2ccc(Nc3cc(S(=O)(=O)O)c(N)c4c3C(=O)c3ccccc3C4=O)cc2)cc1. The van der Waals surface area contributed by atoms with Crippen LogP contribution in [0.15, 0.2) is 83.8 Å². The number of nitrogens with two attached hydrogens (primary N) is 2. The molecule has 0 aromatic heterocycles. The number of rotatable bonds is 5. The van der Waals surface area contributed by atoms with E-state index in [1.165, 1.54) is 12.1 Å². The molecule has 0 amide bonds. The van der Waals surface area contributed by atoms with Crippen LogP contribution in [0.3, 0.4) is 0 Å². The van der Waals surface area contributed by atoms with Crippen molar-refractivity contribution in [2.24, 2.45) is 0 Å². The van der Waals surface area contributed by atoms with Gasteiger partial charge in [-0.05, 0) is 47.9 Å². The number of hydrogen-bond acceptors (Lipinski definition) is 7. The van der Waals surface area contributed by atoms with Gasteiger partial charge in [0.15, 0.2) is 11.6 Å². The molecule has 1 aliphatic carbocycles. The minimum Gasteiger partial charge on any atom is -0.399 e. The third-order valence-corrected chi connectivity index (χ3v) is 6.99. The Morgan fingerprint density at radius 1 is 0.750 bits per heavy atom. The number of nitrogen functional groups attached to an aromatic ring is 2. The zero-order valence-corrected chi connectivity index (χ0v) is 19.7.